The van der Waals surface area contributed by atoms with Gasteiger partial charge in [0.1, 0.15) is 17.6 Å². The summed E-state index contributed by atoms with van der Waals surface area (Å²) in [5, 5.41) is 10.0. The second-order valence-electron chi connectivity index (χ2n) is 22.5. The lowest BCUT2D eigenvalue weighted by molar-refractivity contribution is -0.166. The van der Waals surface area contributed by atoms with Crippen molar-refractivity contribution in [2.24, 2.45) is 10.8 Å². The number of hydrogen-bond donors (Lipinski definition) is 1. The van der Waals surface area contributed by atoms with Crippen molar-refractivity contribution in [1.29, 1.82) is 0 Å². The van der Waals surface area contributed by atoms with Crippen LogP contribution in [-0.4, -0.2) is 75.7 Å². The fourth-order valence-electron chi connectivity index (χ4n) is 9.56. The summed E-state index contributed by atoms with van der Waals surface area (Å²) in [6.07, 6.45) is 26.7. The average molecular weight is 1160 g/mol. The van der Waals surface area contributed by atoms with E-state index in [1.807, 2.05) is 25.1 Å². The van der Waals surface area contributed by atoms with Gasteiger partial charge in [-0.25, -0.2) is 9.59 Å². The zero-order valence-electron chi connectivity index (χ0n) is 52.5. The lowest BCUT2D eigenvalue weighted by Crippen LogP contribution is -2.38. The van der Waals surface area contributed by atoms with Crippen molar-refractivity contribution in [3.8, 4) is 40.2 Å². The first kappa shape index (κ1) is 71.2. The van der Waals surface area contributed by atoms with Gasteiger partial charge in [-0.1, -0.05) is 150 Å². The molecule has 0 saturated carbocycles. The first-order valence-corrected chi connectivity index (χ1v) is 31.4. The van der Waals surface area contributed by atoms with Gasteiger partial charge in [0.05, 0.1) is 51.0 Å². The molecular weight excluding hydrogens is 1050 g/mol. The van der Waals surface area contributed by atoms with Crippen LogP contribution >= 0.6 is 0 Å². The number of carbonyl (C=O) groups excluding carboxylic acids is 4. The van der Waals surface area contributed by atoms with Crippen LogP contribution < -0.4 is 33.2 Å². The van der Waals surface area contributed by atoms with Crippen molar-refractivity contribution in [3.63, 3.8) is 0 Å². The summed E-state index contributed by atoms with van der Waals surface area (Å²) in [5.74, 6) is 0.797. The summed E-state index contributed by atoms with van der Waals surface area (Å²) in [7, 11) is 1.35. The van der Waals surface area contributed by atoms with E-state index in [1.165, 1.54) is 19.3 Å². The Kier molecular flexibility index (Phi) is 35.3. The molecule has 2 unspecified atom stereocenters. The van der Waals surface area contributed by atoms with E-state index in [2.05, 4.69) is 34.6 Å². The summed E-state index contributed by atoms with van der Waals surface area (Å²) in [6.45, 7) is 20.2. The molecule has 0 bridgehead atoms. The monoisotopic (exact) mass is 1160 g/mol. The molecule has 14 heteroatoms. The third-order valence-corrected chi connectivity index (χ3v) is 14.6. The van der Waals surface area contributed by atoms with Gasteiger partial charge < -0.3 is 47.7 Å². The largest absolute Gasteiger partial charge is 0.490 e. The first-order chi connectivity index (χ1) is 40.1. The molecule has 83 heavy (non-hydrogen) atoms. The molecule has 0 amide bonds. The number of unbranched alkanes of at least 4 members (excludes halogenated alkanes) is 15. The molecule has 0 aliphatic heterocycles. The van der Waals surface area contributed by atoms with Gasteiger partial charge in [0.15, 0.2) is 23.0 Å². The minimum atomic E-state index is -1.08. The number of aliphatic hydroxyl groups is 1. The van der Waals surface area contributed by atoms with Gasteiger partial charge in [-0.2, -0.15) is 0 Å². The Labute approximate surface area is 498 Å². The van der Waals surface area contributed by atoms with E-state index >= 15 is 0 Å². The van der Waals surface area contributed by atoms with Gasteiger partial charge in [-0.3, -0.25) is 9.59 Å². The Balaban J connectivity index is 1.93. The molecule has 2 atom stereocenters. The van der Waals surface area contributed by atoms with Gasteiger partial charge in [-0.05, 0) is 127 Å². The van der Waals surface area contributed by atoms with E-state index in [-0.39, 0.29) is 30.9 Å². The highest BCUT2D eigenvalue weighted by Gasteiger charge is 2.43. The minimum Gasteiger partial charge on any atom is -0.490 e. The lowest BCUT2D eigenvalue weighted by atomic mass is 9.72. The second kappa shape index (κ2) is 41.1. The SMILES string of the molecule is CCCCCCOc1ccc(C=CC(=O)Oc2ccc(OC(=O)C=Cc3ccc(C(CCCO)OC(=O)C(C)(C)CC(C)(CC)C(=O)OC)c(OCCCCCC)c3OCCCCCC)cc2)c(OCCCCCC)c1OCCCCCC. The molecule has 3 aromatic rings. The summed E-state index contributed by atoms with van der Waals surface area (Å²) in [6, 6.07) is 13.6. The van der Waals surface area contributed by atoms with E-state index in [4.69, 9.17) is 42.6 Å². The van der Waals surface area contributed by atoms with Gasteiger partial charge in [0, 0.05) is 35.4 Å². The summed E-state index contributed by atoms with van der Waals surface area (Å²) in [4.78, 5) is 54.0. The van der Waals surface area contributed by atoms with Crippen molar-refractivity contribution in [3.05, 3.63) is 77.4 Å². The fraction of sp³-hybridized carbons (Fsp3) is 0.623. The van der Waals surface area contributed by atoms with Crippen molar-refractivity contribution in [2.75, 3.05) is 46.8 Å². The zero-order valence-corrected chi connectivity index (χ0v) is 52.5. The molecule has 0 radical (unpaired) electrons. The Bertz CT molecular complexity index is 2390. The summed E-state index contributed by atoms with van der Waals surface area (Å²) in [5.41, 5.74) is -0.227. The van der Waals surface area contributed by atoms with Gasteiger partial charge in [-0.15, -0.1) is 0 Å². The summed E-state index contributed by atoms with van der Waals surface area (Å²) >= 11 is 0. The molecule has 0 spiro atoms. The third kappa shape index (κ3) is 26.2. The molecule has 0 aromatic heterocycles. The minimum absolute atomic E-state index is 0.131. The van der Waals surface area contributed by atoms with Crippen LogP contribution in [0.5, 0.6) is 40.2 Å². The Morgan fingerprint density at radius 3 is 1.31 bits per heavy atom. The lowest BCUT2D eigenvalue weighted by Gasteiger charge is -2.34. The first-order valence-electron chi connectivity index (χ1n) is 31.4. The van der Waals surface area contributed by atoms with Crippen LogP contribution in [0.25, 0.3) is 12.2 Å². The van der Waals surface area contributed by atoms with Crippen LogP contribution in [0.15, 0.2) is 60.7 Å². The number of methoxy groups -OCH3 is 1. The third-order valence-electron chi connectivity index (χ3n) is 14.6. The zero-order chi connectivity index (χ0) is 60.7. The molecule has 0 heterocycles. The maximum absolute atomic E-state index is 14.2. The van der Waals surface area contributed by atoms with Crippen LogP contribution in [0, 0.1) is 10.8 Å². The maximum Gasteiger partial charge on any atom is 0.336 e. The number of ether oxygens (including phenoxy) is 9. The number of hydrogen-bond acceptors (Lipinski definition) is 14. The van der Waals surface area contributed by atoms with Crippen molar-refractivity contribution in [2.45, 2.75) is 223 Å². The van der Waals surface area contributed by atoms with Crippen molar-refractivity contribution >= 4 is 36.0 Å². The van der Waals surface area contributed by atoms with Crippen molar-refractivity contribution in [1.82, 2.24) is 0 Å². The molecular formula is C69H104O14. The average Bonchev–Trinajstić information content (AvgIpc) is 3.59. The molecule has 1 N–H and O–H groups in total. The number of benzene rings is 3. The van der Waals surface area contributed by atoms with E-state index in [1.54, 1.807) is 63.3 Å². The van der Waals surface area contributed by atoms with E-state index in [9.17, 15) is 24.3 Å². The number of carbonyl (C=O) groups is 4. The second-order valence-corrected chi connectivity index (χ2v) is 22.5. The molecule has 464 valence electrons. The number of esters is 4. The van der Waals surface area contributed by atoms with Gasteiger partial charge in [0.25, 0.3) is 0 Å². The molecule has 0 aliphatic rings. The Morgan fingerprint density at radius 1 is 0.482 bits per heavy atom. The topological polar surface area (TPSA) is 172 Å². The normalized spacial score (nSPS) is 12.7. The Morgan fingerprint density at radius 2 is 0.892 bits per heavy atom. The van der Waals surface area contributed by atoms with Crippen molar-refractivity contribution < 1.29 is 66.9 Å². The van der Waals surface area contributed by atoms with E-state index < -0.39 is 40.8 Å². The smallest absolute Gasteiger partial charge is 0.336 e. The van der Waals surface area contributed by atoms with Crippen LogP contribution in [0.3, 0.4) is 0 Å². The molecule has 3 rings (SSSR count). The van der Waals surface area contributed by atoms with Crippen LogP contribution in [0.1, 0.15) is 239 Å². The Hall–Kier alpha value is -6.02. The molecule has 0 saturated heterocycles. The van der Waals surface area contributed by atoms with Gasteiger partial charge >= 0.3 is 23.9 Å². The highest BCUT2D eigenvalue weighted by molar-refractivity contribution is 5.91. The molecule has 14 nitrogen and oxygen atoms in total. The molecule has 0 fully saturated rings. The predicted molar refractivity (Wildman–Crippen MR) is 331 cm³/mol. The molecule has 3 aromatic carbocycles. The number of aliphatic hydroxyl groups excluding tert-OH is 1. The highest BCUT2D eigenvalue weighted by Crippen LogP contribution is 2.45. The summed E-state index contributed by atoms with van der Waals surface area (Å²) < 4.78 is 55.3. The quantitative estimate of drug-likeness (QED) is 0.0245. The highest BCUT2D eigenvalue weighted by atomic mass is 16.6. The van der Waals surface area contributed by atoms with Crippen LogP contribution in [-0.2, 0) is 28.7 Å². The standard InChI is InChI=1S/C69H104O14/c1-11-17-22-27-47-76-59-43-35-54(63(78-49-29-24-19-13-3)65(59)80-51-31-26-21-15-5)37-45-61(72)82-56-40-38-55(39-41-56)81-60(71)44-36-53-34-42-57(64(79-50-30-25-20-14-4)62(53)77-48-28-23-18-12-2)58(33-32-46-70)83-66(73)68(7,8)52-69(9,16-6)67(74)75-10/h34-45,58,70H,11-33,46-52H2,1-10H3. The van der Waals surface area contributed by atoms with Crippen LogP contribution in [0.4, 0.5) is 0 Å². The van der Waals surface area contributed by atoms with Gasteiger partial charge in [0.2, 0.25) is 5.75 Å². The van der Waals surface area contributed by atoms with E-state index in [0.29, 0.717) is 91.3 Å². The number of rotatable bonds is 46. The van der Waals surface area contributed by atoms with E-state index in [0.717, 1.165) is 128 Å². The molecule has 0 aliphatic carbocycles. The fourth-order valence-corrected chi connectivity index (χ4v) is 9.56. The van der Waals surface area contributed by atoms with Crippen LogP contribution in [0.2, 0.25) is 0 Å². The predicted octanol–water partition coefficient (Wildman–Crippen LogP) is 17.1. The maximum atomic E-state index is 14.2.